The average Bonchev–Trinajstić information content (AvgIpc) is 2.49. The summed E-state index contributed by atoms with van der Waals surface area (Å²) < 4.78 is 30.9. The molecule has 0 amide bonds. The number of ether oxygens (including phenoxy) is 1. The van der Waals surface area contributed by atoms with Crippen molar-refractivity contribution in [2.45, 2.75) is 10.6 Å². The van der Waals surface area contributed by atoms with Crippen molar-refractivity contribution in [1.29, 1.82) is 0 Å². The monoisotopic (exact) mass is 308 g/mol. The summed E-state index contributed by atoms with van der Waals surface area (Å²) in [5.74, 6) is -1.12. The van der Waals surface area contributed by atoms with E-state index in [9.17, 15) is 13.4 Å². The van der Waals surface area contributed by atoms with Crippen LogP contribution in [-0.2, 0) is 16.6 Å². The molecule has 0 aliphatic carbocycles. The van der Waals surface area contributed by atoms with E-state index in [0.29, 0.717) is 16.2 Å². The van der Waals surface area contributed by atoms with Crippen LogP contribution >= 0.6 is 0 Å². The van der Waals surface area contributed by atoms with E-state index in [2.05, 4.69) is 0 Å². The van der Waals surface area contributed by atoms with Crippen LogP contribution in [0, 0.1) is 5.82 Å². The molecule has 1 atom stereocenters. The van der Waals surface area contributed by atoms with Gasteiger partial charge in [0.05, 0.1) is 29.2 Å². The van der Waals surface area contributed by atoms with Crippen LogP contribution < -0.4 is 4.74 Å². The highest BCUT2D eigenvalue weighted by Crippen LogP contribution is 2.20. The SMILES string of the molecule is COc1ccc(CS(=O)c2ccc(C(=O)O)cc2)c(F)c1. The van der Waals surface area contributed by atoms with Crippen molar-refractivity contribution in [3.8, 4) is 5.75 Å². The highest BCUT2D eigenvalue weighted by atomic mass is 32.2. The number of carboxylic acids is 1. The molecule has 6 heteroatoms. The van der Waals surface area contributed by atoms with Crippen molar-refractivity contribution >= 4 is 16.8 Å². The fourth-order valence-electron chi connectivity index (χ4n) is 1.75. The normalized spacial score (nSPS) is 11.9. The first-order chi connectivity index (χ1) is 10.0. The molecule has 0 radical (unpaired) electrons. The molecule has 0 fully saturated rings. The van der Waals surface area contributed by atoms with Gasteiger partial charge in [0, 0.05) is 16.5 Å². The Bertz CT molecular complexity index is 683. The van der Waals surface area contributed by atoms with Crippen LogP contribution in [0.1, 0.15) is 15.9 Å². The minimum absolute atomic E-state index is 0.0161. The van der Waals surface area contributed by atoms with Gasteiger partial charge in [0.25, 0.3) is 0 Å². The fraction of sp³-hybridized carbons (Fsp3) is 0.133. The van der Waals surface area contributed by atoms with Crippen LogP contribution in [0.2, 0.25) is 0 Å². The van der Waals surface area contributed by atoms with Crippen molar-refractivity contribution in [1.82, 2.24) is 0 Å². The summed E-state index contributed by atoms with van der Waals surface area (Å²) in [5, 5.41) is 8.80. The molecule has 0 spiro atoms. The molecule has 0 heterocycles. The fourth-order valence-corrected chi connectivity index (χ4v) is 2.87. The Balaban J connectivity index is 2.16. The summed E-state index contributed by atoms with van der Waals surface area (Å²) in [6.07, 6.45) is 0. The number of methoxy groups -OCH3 is 1. The second-order valence-corrected chi connectivity index (χ2v) is 5.73. The minimum atomic E-state index is -1.45. The second kappa shape index (κ2) is 6.49. The van der Waals surface area contributed by atoms with Crippen molar-refractivity contribution in [2.24, 2.45) is 0 Å². The highest BCUT2D eigenvalue weighted by Gasteiger charge is 2.11. The van der Waals surface area contributed by atoms with E-state index in [1.807, 2.05) is 0 Å². The number of halogens is 1. The van der Waals surface area contributed by atoms with Crippen LogP contribution in [0.4, 0.5) is 4.39 Å². The minimum Gasteiger partial charge on any atom is -0.497 e. The lowest BCUT2D eigenvalue weighted by Crippen LogP contribution is -2.01. The van der Waals surface area contributed by atoms with E-state index in [4.69, 9.17) is 9.84 Å². The number of hydrogen-bond donors (Lipinski definition) is 1. The van der Waals surface area contributed by atoms with Crippen LogP contribution in [0.3, 0.4) is 0 Å². The molecule has 2 aromatic rings. The Labute approximate surface area is 123 Å². The topological polar surface area (TPSA) is 63.6 Å². The summed E-state index contributed by atoms with van der Waals surface area (Å²) in [7, 11) is -0.00740. The van der Waals surface area contributed by atoms with E-state index in [1.165, 1.54) is 43.5 Å². The smallest absolute Gasteiger partial charge is 0.335 e. The first-order valence-corrected chi connectivity index (χ1v) is 7.37. The first kappa shape index (κ1) is 15.2. The molecule has 1 unspecified atom stereocenters. The molecule has 21 heavy (non-hydrogen) atoms. The quantitative estimate of drug-likeness (QED) is 0.922. The highest BCUT2D eigenvalue weighted by molar-refractivity contribution is 7.84. The number of hydrogen-bond acceptors (Lipinski definition) is 3. The zero-order chi connectivity index (χ0) is 15.4. The van der Waals surface area contributed by atoms with Gasteiger partial charge in [-0.15, -0.1) is 0 Å². The molecule has 0 aliphatic rings. The number of carbonyl (C=O) groups is 1. The van der Waals surface area contributed by atoms with E-state index in [0.717, 1.165) is 0 Å². The molecule has 1 N–H and O–H groups in total. The summed E-state index contributed by atoms with van der Waals surface area (Å²) in [6, 6.07) is 10.1. The second-order valence-electron chi connectivity index (χ2n) is 4.28. The molecule has 0 bridgehead atoms. The lowest BCUT2D eigenvalue weighted by atomic mass is 10.2. The molecular formula is C15H13FO4S. The predicted molar refractivity (Wildman–Crippen MR) is 76.5 cm³/mol. The Morgan fingerprint density at radius 2 is 1.90 bits per heavy atom. The van der Waals surface area contributed by atoms with E-state index < -0.39 is 22.6 Å². The molecular weight excluding hydrogens is 295 g/mol. The molecule has 2 rings (SSSR count). The maximum absolute atomic E-state index is 13.8. The van der Waals surface area contributed by atoms with Crippen LogP contribution in [0.25, 0.3) is 0 Å². The van der Waals surface area contributed by atoms with Crippen LogP contribution in [0.15, 0.2) is 47.4 Å². The molecule has 0 aliphatic heterocycles. The Kier molecular flexibility index (Phi) is 4.70. The van der Waals surface area contributed by atoms with E-state index >= 15 is 0 Å². The number of carboxylic acid groups (broad SMARTS) is 1. The van der Waals surface area contributed by atoms with Gasteiger partial charge in [-0.1, -0.05) is 6.07 Å². The van der Waals surface area contributed by atoms with Gasteiger partial charge in [-0.25, -0.2) is 9.18 Å². The maximum Gasteiger partial charge on any atom is 0.335 e. The zero-order valence-corrected chi connectivity index (χ0v) is 12.0. The van der Waals surface area contributed by atoms with Gasteiger partial charge in [-0.3, -0.25) is 4.21 Å². The Hall–Kier alpha value is -2.21. The average molecular weight is 308 g/mol. The van der Waals surface area contributed by atoms with Gasteiger partial charge >= 0.3 is 5.97 Å². The number of aromatic carboxylic acids is 1. The van der Waals surface area contributed by atoms with E-state index in [-0.39, 0.29) is 11.3 Å². The van der Waals surface area contributed by atoms with Crippen molar-refractivity contribution in [3.63, 3.8) is 0 Å². The first-order valence-electron chi connectivity index (χ1n) is 6.05. The third kappa shape index (κ3) is 3.66. The Morgan fingerprint density at radius 3 is 2.43 bits per heavy atom. The number of benzene rings is 2. The molecule has 4 nitrogen and oxygen atoms in total. The number of rotatable bonds is 5. The van der Waals surface area contributed by atoms with Crippen molar-refractivity contribution < 1.29 is 23.2 Å². The largest absolute Gasteiger partial charge is 0.497 e. The summed E-state index contributed by atoms with van der Waals surface area (Å²) >= 11 is 0. The van der Waals surface area contributed by atoms with Gasteiger partial charge in [0.15, 0.2) is 0 Å². The summed E-state index contributed by atoms with van der Waals surface area (Å²) in [4.78, 5) is 11.2. The van der Waals surface area contributed by atoms with Gasteiger partial charge < -0.3 is 9.84 Å². The third-order valence-electron chi connectivity index (χ3n) is 2.91. The van der Waals surface area contributed by atoms with Crippen molar-refractivity contribution in [2.75, 3.05) is 7.11 Å². The van der Waals surface area contributed by atoms with Crippen LogP contribution in [-0.4, -0.2) is 22.4 Å². The summed E-state index contributed by atoms with van der Waals surface area (Å²) in [5.41, 5.74) is 0.433. The zero-order valence-electron chi connectivity index (χ0n) is 11.2. The van der Waals surface area contributed by atoms with Crippen LogP contribution in [0.5, 0.6) is 5.75 Å². The Morgan fingerprint density at radius 1 is 1.24 bits per heavy atom. The lowest BCUT2D eigenvalue weighted by Gasteiger charge is -2.06. The predicted octanol–water partition coefficient (Wildman–Crippen LogP) is 2.84. The molecule has 0 aromatic heterocycles. The van der Waals surface area contributed by atoms with Gasteiger partial charge in [0.1, 0.15) is 11.6 Å². The maximum atomic E-state index is 13.8. The lowest BCUT2D eigenvalue weighted by molar-refractivity contribution is 0.0697. The molecule has 0 saturated heterocycles. The third-order valence-corrected chi connectivity index (χ3v) is 4.28. The molecule has 110 valence electrons. The van der Waals surface area contributed by atoms with Crippen molar-refractivity contribution in [3.05, 3.63) is 59.4 Å². The van der Waals surface area contributed by atoms with Gasteiger partial charge in [-0.05, 0) is 30.3 Å². The van der Waals surface area contributed by atoms with Gasteiger partial charge in [-0.2, -0.15) is 0 Å². The van der Waals surface area contributed by atoms with Gasteiger partial charge in [0.2, 0.25) is 0 Å². The summed E-state index contributed by atoms with van der Waals surface area (Å²) in [6.45, 7) is 0. The standard InChI is InChI=1S/C15H13FO4S/c1-20-12-5-2-11(14(16)8-12)9-21(19)13-6-3-10(4-7-13)15(17)18/h2-8H,9H2,1H3,(H,17,18). The van der Waals surface area contributed by atoms with E-state index in [1.54, 1.807) is 6.07 Å². The molecule has 2 aromatic carbocycles. The molecule has 0 saturated carbocycles.